The summed E-state index contributed by atoms with van der Waals surface area (Å²) in [5, 5.41) is 7.64. The molecule has 1 aromatic rings. The lowest BCUT2D eigenvalue weighted by Gasteiger charge is -2.13. The van der Waals surface area contributed by atoms with Crippen LogP contribution in [0.25, 0.3) is 0 Å². The third-order valence-electron chi connectivity index (χ3n) is 2.10. The van der Waals surface area contributed by atoms with Gasteiger partial charge in [0.1, 0.15) is 0 Å². The molecule has 1 N–H and O–H groups in total. The molecule has 0 aromatic carbocycles. The molecule has 0 saturated heterocycles. The molecule has 14 heavy (non-hydrogen) atoms. The Morgan fingerprint density at radius 2 is 2.07 bits per heavy atom. The van der Waals surface area contributed by atoms with Crippen LogP contribution in [0.5, 0.6) is 0 Å². The highest BCUT2D eigenvalue weighted by molar-refractivity contribution is 4.78. The summed E-state index contributed by atoms with van der Waals surface area (Å²) in [5.41, 5.74) is 0. The summed E-state index contributed by atoms with van der Waals surface area (Å²) in [4.78, 5) is 0. The third kappa shape index (κ3) is 4.42. The van der Waals surface area contributed by atoms with Crippen LogP contribution in [-0.2, 0) is 6.54 Å². The van der Waals surface area contributed by atoms with Gasteiger partial charge in [-0.3, -0.25) is 4.68 Å². The van der Waals surface area contributed by atoms with E-state index in [0.717, 1.165) is 25.6 Å². The molecule has 3 heteroatoms. The summed E-state index contributed by atoms with van der Waals surface area (Å²) in [6, 6.07) is 1.97. The highest BCUT2D eigenvalue weighted by atomic mass is 15.3. The van der Waals surface area contributed by atoms with Crippen molar-refractivity contribution in [3.63, 3.8) is 0 Å². The van der Waals surface area contributed by atoms with Crippen LogP contribution in [-0.4, -0.2) is 22.9 Å². The fraction of sp³-hybridized carbons (Fsp3) is 0.727. The number of hydrogen-bond donors (Lipinski definition) is 1. The molecule has 1 unspecified atom stereocenters. The molecule has 0 spiro atoms. The van der Waals surface area contributed by atoms with E-state index in [9.17, 15) is 0 Å². The largest absolute Gasteiger partial charge is 0.316 e. The van der Waals surface area contributed by atoms with Crippen LogP contribution < -0.4 is 5.32 Å². The van der Waals surface area contributed by atoms with Gasteiger partial charge in [0.05, 0.1) is 0 Å². The maximum atomic E-state index is 4.19. The van der Waals surface area contributed by atoms with E-state index in [-0.39, 0.29) is 0 Å². The van der Waals surface area contributed by atoms with Gasteiger partial charge in [0.15, 0.2) is 0 Å². The molecule has 0 bridgehead atoms. The van der Waals surface area contributed by atoms with Gasteiger partial charge in [-0.1, -0.05) is 20.8 Å². The van der Waals surface area contributed by atoms with Gasteiger partial charge in [-0.15, -0.1) is 0 Å². The van der Waals surface area contributed by atoms with E-state index in [0.29, 0.717) is 5.92 Å². The van der Waals surface area contributed by atoms with Crippen molar-refractivity contribution >= 4 is 0 Å². The highest BCUT2D eigenvalue weighted by Gasteiger charge is 2.03. The topological polar surface area (TPSA) is 29.9 Å². The zero-order valence-electron chi connectivity index (χ0n) is 9.40. The van der Waals surface area contributed by atoms with Crippen molar-refractivity contribution in [3.05, 3.63) is 18.5 Å². The first-order valence-electron chi connectivity index (χ1n) is 5.36. The second-order valence-electron chi connectivity index (χ2n) is 4.39. The molecule has 3 nitrogen and oxygen atoms in total. The monoisotopic (exact) mass is 195 g/mol. The van der Waals surface area contributed by atoms with Crippen LogP contribution in [0, 0.1) is 11.8 Å². The maximum absolute atomic E-state index is 4.19. The van der Waals surface area contributed by atoms with Crippen LogP contribution in [0.15, 0.2) is 18.5 Å². The Kier molecular flexibility index (Phi) is 4.66. The van der Waals surface area contributed by atoms with Gasteiger partial charge in [0, 0.05) is 18.9 Å². The minimum absolute atomic E-state index is 0.633. The van der Waals surface area contributed by atoms with E-state index < -0.39 is 0 Å². The van der Waals surface area contributed by atoms with Crippen LogP contribution in [0.4, 0.5) is 0 Å². The zero-order chi connectivity index (χ0) is 10.4. The molecule has 0 amide bonds. The molecule has 1 heterocycles. The predicted molar refractivity (Wildman–Crippen MR) is 59.1 cm³/mol. The minimum atomic E-state index is 0.633. The number of rotatable bonds is 6. The van der Waals surface area contributed by atoms with Gasteiger partial charge < -0.3 is 5.32 Å². The van der Waals surface area contributed by atoms with Gasteiger partial charge in [-0.05, 0) is 31.0 Å². The quantitative estimate of drug-likeness (QED) is 0.749. The third-order valence-corrected chi connectivity index (χ3v) is 2.10. The summed E-state index contributed by atoms with van der Waals surface area (Å²) < 4.78 is 1.99. The first-order valence-corrected chi connectivity index (χ1v) is 5.36. The smallest absolute Gasteiger partial charge is 0.0489 e. The van der Waals surface area contributed by atoms with Crippen molar-refractivity contribution in [1.82, 2.24) is 15.1 Å². The summed E-state index contributed by atoms with van der Waals surface area (Å²) in [7, 11) is 0. The van der Waals surface area contributed by atoms with Crippen LogP contribution in [0.1, 0.15) is 20.8 Å². The Hall–Kier alpha value is -0.830. The molecular weight excluding hydrogens is 174 g/mol. The molecule has 80 valence electrons. The Balaban J connectivity index is 2.13. The van der Waals surface area contributed by atoms with Crippen molar-refractivity contribution in [2.75, 3.05) is 13.1 Å². The first-order chi connectivity index (χ1) is 6.68. The van der Waals surface area contributed by atoms with Crippen molar-refractivity contribution in [2.24, 2.45) is 11.8 Å². The lowest BCUT2D eigenvalue weighted by Crippen LogP contribution is -2.27. The molecule has 1 rings (SSSR count). The first kappa shape index (κ1) is 11.2. The van der Waals surface area contributed by atoms with Crippen molar-refractivity contribution < 1.29 is 0 Å². The van der Waals surface area contributed by atoms with Gasteiger partial charge in [-0.25, -0.2) is 0 Å². The van der Waals surface area contributed by atoms with Gasteiger partial charge in [0.2, 0.25) is 0 Å². The molecule has 0 saturated carbocycles. The minimum Gasteiger partial charge on any atom is -0.316 e. The summed E-state index contributed by atoms with van der Waals surface area (Å²) in [6.45, 7) is 9.87. The average molecular weight is 195 g/mol. The van der Waals surface area contributed by atoms with E-state index in [1.54, 1.807) is 0 Å². The number of nitrogens with zero attached hydrogens (tertiary/aromatic N) is 2. The Morgan fingerprint density at radius 1 is 1.29 bits per heavy atom. The number of nitrogens with one attached hydrogen (secondary N) is 1. The predicted octanol–water partition coefficient (Wildman–Crippen LogP) is 1.76. The van der Waals surface area contributed by atoms with Crippen molar-refractivity contribution in [2.45, 2.75) is 27.3 Å². The van der Waals surface area contributed by atoms with Crippen LogP contribution in [0.2, 0.25) is 0 Å². The standard InChI is InChI=1S/C11H21N3/c1-10(2)7-12-8-11(3)9-14-6-4-5-13-14/h4-6,10-12H,7-9H2,1-3H3. The molecule has 1 aromatic heterocycles. The Bertz CT molecular complexity index is 229. The van der Waals surface area contributed by atoms with Gasteiger partial charge in [-0.2, -0.15) is 5.10 Å². The molecular formula is C11H21N3. The SMILES string of the molecule is CC(C)CNCC(C)Cn1cccn1. The molecule has 0 fully saturated rings. The fourth-order valence-corrected chi connectivity index (χ4v) is 1.41. The Morgan fingerprint density at radius 3 is 2.64 bits per heavy atom. The lowest BCUT2D eigenvalue weighted by atomic mass is 10.1. The van der Waals surface area contributed by atoms with Gasteiger partial charge >= 0.3 is 0 Å². The van der Waals surface area contributed by atoms with Crippen molar-refractivity contribution in [1.29, 1.82) is 0 Å². The lowest BCUT2D eigenvalue weighted by molar-refractivity contribution is 0.409. The summed E-state index contributed by atoms with van der Waals surface area (Å²) >= 11 is 0. The highest BCUT2D eigenvalue weighted by Crippen LogP contribution is 1.98. The van der Waals surface area contributed by atoms with Crippen LogP contribution >= 0.6 is 0 Å². The summed E-state index contributed by atoms with van der Waals surface area (Å²) in [5.74, 6) is 1.36. The second kappa shape index (κ2) is 5.81. The van der Waals surface area contributed by atoms with Crippen LogP contribution in [0.3, 0.4) is 0 Å². The fourth-order valence-electron chi connectivity index (χ4n) is 1.41. The number of hydrogen-bond acceptors (Lipinski definition) is 2. The average Bonchev–Trinajstić information content (AvgIpc) is 2.56. The zero-order valence-corrected chi connectivity index (χ0v) is 9.40. The van der Waals surface area contributed by atoms with E-state index in [1.165, 1.54) is 0 Å². The molecule has 0 aliphatic rings. The van der Waals surface area contributed by atoms with E-state index in [4.69, 9.17) is 0 Å². The van der Waals surface area contributed by atoms with Gasteiger partial charge in [0.25, 0.3) is 0 Å². The summed E-state index contributed by atoms with van der Waals surface area (Å²) in [6.07, 6.45) is 3.84. The number of aromatic nitrogens is 2. The maximum Gasteiger partial charge on any atom is 0.0489 e. The van der Waals surface area contributed by atoms with Crippen molar-refractivity contribution in [3.8, 4) is 0 Å². The second-order valence-corrected chi connectivity index (χ2v) is 4.39. The van der Waals surface area contributed by atoms with E-state index in [1.807, 2.05) is 23.1 Å². The molecule has 0 radical (unpaired) electrons. The Labute approximate surface area is 86.5 Å². The van der Waals surface area contributed by atoms with E-state index >= 15 is 0 Å². The molecule has 1 atom stereocenters. The molecule has 0 aliphatic carbocycles. The molecule has 0 aliphatic heterocycles. The normalized spacial score (nSPS) is 13.4. The van der Waals surface area contributed by atoms with E-state index in [2.05, 4.69) is 31.2 Å².